The molecule has 0 saturated heterocycles. The monoisotopic (exact) mass is 237 g/mol. The summed E-state index contributed by atoms with van der Waals surface area (Å²) in [7, 11) is 2.01. The lowest BCUT2D eigenvalue weighted by Gasteiger charge is -2.21. The third-order valence-corrected chi connectivity index (χ3v) is 2.44. The first-order chi connectivity index (χ1) is 8.08. The summed E-state index contributed by atoms with van der Waals surface area (Å²) in [5.74, 6) is 0. The first-order valence-corrected chi connectivity index (χ1v) is 6.10. The van der Waals surface area contributed by atoms with E-state index in [4.69, 9.17) is 4.74 Å². The van der Waals surface area contributed by atoms with Crippen LogP contribution in [0.5, 0.6) is 0 Å². The van der Waals surface area contributed by atoms with Crippen molar-refractivity contribution >= 4 is 0 Å². The van der Waals surface area contributed by atoms with Crippen LogP contribution < -0.4 is 0 Å². The van der Waals surface area contributed by atoms with E-state index in [2.05, 4.69) is 17.0 Å². The van der Waals surface area contributed by atoms with Gasteiger partial charge in [0.15, 0.2) is 0 Å². The van der Waals surface area contributed by atoms with Crippen molar-refractivity contribution in [3.8, 4) is 0 Å². The number of ether oxygens (including phenoxy) is 1. The highest BCUT2D eigenvalue weighted by Gasteiger charge is 2.09. The zero-order chi connectivity index (χ0) is 12.7. The molecule has 0 aliphatic carbocycles. The first-order valence-electron chi connectivity index (χ1n) is 6.10. The van der Waals surface area contributed by atoms with Crippen LogP contribution in [-0.4, -0.2) is 42.4 Å². The lowest BCUT2D eigenvalue weighted by molar-refractivity contribution is -0.00634. The van der Waals surface area contributed by atoms with Gasteiger partial charge in [-0.05, 0) is 26.5 Å². The molecule has 96 valence electrons. The second-order valence-corrected chi connectivity index (χ2v) is 4.72. The molecule has 17 heavy (non-hydrogen) atoms. The van der Waals surface area contributed by atoms with Gasteiger partial charge in [0.25, 0.3) is 0 Å². The van der Waals surface area contributed by atoms with E-state index < -0.39 is 6.10 Å². The van der Waals surface area contributed by atoms with Gasteiger partial charge >= 0.3 is 0 Å². The minimum Gasteiger partial charge on any atom is -0.389 e. The van der Waals surface area contributed by atoms with Gasteiger partial charge in [0.1, 0.15) is 0 Å². The SMILES string of the molecule is CC(C)OC[C@H](O)CN(C)Cc1ccccc1. The van der Waals surface area contributed by atoms with Crippen LogP contribution in [0.3, 0.4) is 0 Å². The highest BCUT2D eigenvalue weighted by atomic mass is 16.5. The van der Waals surface area contributed by atoms with E-state index in [1.807, 2.05) is 39.1 Å². The summed E-state index contributed by atoms with van der Waals surface area (Å²) < 4.78 is 5.38. The van der Waals surface area contributed by atoms with Crippen molar-refractivity contribution in [2.45, 2.75) is 32.6 Å². The average Bonchev–Trinajstić information content (AvgIpc) is 2.27. The van der Waals surface area contributed by atoms with Gasteiger partial charge in [0, 0.05) is 13.1 Å². The molecule has 1 atom stereocenters. The Morgan fingerprint density at radius 2 is 1.88 bits per heavy atom. The number of hydrogen-bond acceptors (Lipinski definition) is 3. The number of benzene rings is 1. The minimum absolute atomic E-state index is 0.170. The molecule has 0 amide bonds. The topological polar surface area (TPSA) is 32.7 Å². The Hall–Kier alpha value is -0.900. The normalized spacial score (nSPS) is 13.3. The molecule has 0 spiro atoms. The Morgan fingerprint density at radius 1 is 1.24 bits per heavy atom. The van der Waals surface area contributed by atoms with Crippen molar-refractivity contribution in [2.75, 3.05) is 20.2 Å². The van der Waals surface area contributed by atoms with Crippen LogP contribution in [0.2, 0.25) is 0 Å². The fraction of sp³-hybridized carbons (Fsp3) is 0.571. The molecule has 0 aliphatic rings. The van der Waals surface area contributed by atoms with E-state index in [1.54, 1.807) is 0 Å². The molecule has 0 aromatic heterocycles. The third-order valence-electron chi connectivity index (χ3n) is 2.44. The van der Waals surface area contributed by atoms with Gasteiger partial charge in [0.2, 0.25) is 0 Å². The summed E-state index contributed by atoms with van der Waals surface area (Å²) in [5, 5.41) is 9.78. The molecule has 1 aromatic rings. The van der Waals surface area contributed by atoms with Crippen LogP contribution in [0.15, 0.2) is 30.3 Å². The van der Waals surface area contributed by atoms with Crippen molar-refractivity contribution in [3.63, 3.8) is 0 Å². The van der Waals surface area contributed by atoms with E-state index >= 15 is 0 Å². The minimum atomic E-state index is -0.425. The molecule has 0 saturated carbocycles. The standard InChI is InChI=1S/C14H23NO2/c1-12(2)17-11-14(16)10-15(3)9-13-7-5-4-6-8-13/h4-8,12,14,16H,9-11H2,1-3H3/t14-/m1/s1. The van der Waals surface area contributed by atoms with Crippen molar-refractivity contribution in [1.29, 1.82) is 0 Å². The Kier molecular flexibility index (Phi) is 6.19. The Labute approximate surface area is 104 Å². The number of nitrogens with zero attached hydrogens (tertiary/aromatic N) is 1. The average molecular weight is 237 g/mol. The molecular weight excluding hydrogens is 214 g/mol. The van der Waals surface area contributed by atoms with E-state index in [1.165, 1.54) is 5.56 Å². The maximum atomic E-state index is 9.78. The van der Waals surface area contributed by atoms with Crippen LogP contribution in [-0.2, 0) is 11.3 Å². The fourth-order valence-electron chi connectivity index (χ4n) is 1.68. The van der Waals surface area contributed by atoms with Gasteiger partial charge in [-0.15, -0.1) is 0 Å². The second kappa shape index (κ2) is 7.43. The molecule has 1 rings (SSSR count). The zero-order valence-corrected chi connectivity index (χ0v) is 11.0. The van der Waals surface area contributed by atoms with Crippen molar-refractivity contribution in [3.05, 3.63) is 35.9 Å². The Balaban J connectivity index is 2.27. The van der Waals surface area contributed by atoms with Gasteiger partial charge < -0.3 is 9.84 Å². The van der Waals surface area contributed by atoms with Crippen LogP contribution in [0.1, 0.15) is 19.4 Å². The molecule has 0 unspecified atom stereocenters. The first kappa shape index (κ1) is 14.2. The highest BCUT2D eigenvalue weighted by Crippen LogP contribution is 2.03. The summed E-state index contributed by atoms with van der Waals surface area (Å²) in [6.45, 7) is 5.82. The molecule has 1 N–H and O–H groups in total. The lowest BCUT2D eigenvalue weighted by Crippen LogP contribution is -2.32. The number of aliphatic hydroxyl groups excluding tert-OH is 1. The highest BCUT2D eigenvalue weighted by molar-refractivity contribution is 5.14. The molecular formula is C14H23NO2. The van der Waals surface area contributed by atoms with E-state index in [0.29, 0.717) is 13.2 Å². The Morgan fingerprint density at radius 3 is 2.47 bits per heavy atom. The maximum absolute atomic E-state index is 9.78. The summed E-state index contributed by atoms with van der Waals surface area (Å²) >= 11 is 0. The van der Waals surface area contributed by atoms with Crippen LogP contribution in [0.25, 0.3) is 0 Å². The molecule has 0 aliphatic heterocycles. The summed E-state index contributed by atoms with van der Waals surface area (Å²) in [5.41, 5.74) is 1.26. The van der Waals surface area contributed by atoms with E-state index in [9.17, 15) is 5.11 Å². The van der Waals surface area contributed by atoms with Gasteiger partial charge in [0.05, 0.1) is 18.8 Å². The van der Waals surface area contributed by atoms with Crippen molar-refractivity contribution in [2.24, 2.45) is 0 Å². The van der Waals surface area contributed by atoms with Crippen molar-refractivity contribution in [1.82, 2.24) is 4.90 Å². The molecule has 0 bridgehead atoms. The number of likely N-dealkylation sites (N-methyl/N-ethyl adjacent to an activating group) is 1. The number of hydrogen-bond donors (Lipinski definition) is 1. The van der Waals surface area contributed by atoms with Crippen molar-refractivity contribution < 1.29 is 9.84 Å². The maximum Gasteiger partial charge on any atom is 0.0900 e. The predicted octanol–water partition coefficient (Wildman–Crippen LogP) is 1.90. The molecule has 3 nitrogen and oxygen atoms in total. The second-order valence-electron chi connectivity index (χ2n) is 4.72. The van der Waals surface area contributed by atoms with E-state index in [-0.39, 0.29) is 6.10 Å². The quantitative estimate of drug-likeness (QED) is 0.786. The van der Waals surface area contributed by atoms with Gasteiger partial charge in [-0.2, -0.15) is 0 Å². The lowest BCUT2D eigenvalue weighted by atomic mass is 10.2. The molecule has 0 radical (unpaired) electrons. The summed E-state index contributed by atoms with van der Waals surface area (Å²) in [6.07, 6.45) is -0.254. The molecule has 1 aromatic carbocycles. The number of rotatable bonds is 7. The van der Waals surface area contributed by atoms with Crippen LogP contribution in [0, 0.1) is 0 Å². The molecule has 0 heterocycles. The van der Waals surface area contributed by atoms with Crippen LogP contribution in [0.4, 0.5) is 0 Å². The largest absolute Gasteiger partial charge is 0.389 e. The number of aliphatic hydroxyl groups is 1. The third kappa shape index (κ3) is 6.41. The fourth-order valence-corrected chi connectivity index (χ4v) is 1.68. The summed E-state index contributed by atoms with van der Waals surface area (Å²) in [4.78, 5) is 2.10. The Bertz CT molecular complexity index is 300. The smallest absolute Gasteiger partial charge is 0.0900 e. The van der Waals surface area contributed by atoms with Crippen LogP contribution >= 0.6 is 0 Å². The van der Waals surface area contributed by atoms with E-state index in [0.717, 1.165) is 6.54 Å². The molecule has 0 fully saturated rings. The molecule has 3 heteroatoms. The zero-order valence-electron chi connectivity index (χ0n) is 11.0. The van der Waals surface area contributed by atoms with Gasteiger partial charge in [-0.1, -0.05) is 30.3 Å². The predicted molar refractivity (Wildman–Crippen MR) is 69.9 cm³/mol. The summed E-state index contributed by atoms with van der Waals surface area (Å²) in [6, 6.07) is 10.2. The van der Waals surface area contributed by atoms with Gasteiger partial charge in [-0.25, -0.2) is 0 Å². The van der Waals surface area contributed by atoms with Gasteiger partial charge in [-0.3, -0.25) is 4.90 Å².